The van der Waals surface area contributed by atoms with Gasteiger partial charge in [-0.05, 0) is 11.6 Å². The number of aliphatic hydroxyl groups excluding tert-OH is 1. The van der Waals surface area contributed by atoms with Crippen molar-refractivity contribution in [3.8, 4) is 0 Å². The molecule has 23 heavy (non-hydrogen) atoms. The summed E-state index contributed by atoms with van der Waals surface area (Å²) < 4.78 is 0.763. The van der Waals surface area contributed by atoms with Crippen LogP contribution in [0.2, 0.25) is 0 Å². The summed E-state index contributed by atoms with van der Waals surface area (Å²) >= 11 is 0. The Morgan fingerprint density at radius 2 is 1.52 bits per heavy atom. The highest BCUT2D eigenvalue weighted by Crippen LogP contribution is 2.20. The van der Waals surface area contributed by atoms with Gasteiger partial charge in [0, 0.05) is 12.0 Å². The van der Waals surface area contributed by atoms with Crippen LogP contribution in [0.3, 0.4) is 0 Å². The lowest BCUT2D eigenvalue weighted by atomic mass is 10.0. The Bertz CT molecular complexity index is 573. The average molecular weight is 376 g/mol. The molecule has 0 fully saturated rings. The normalized spacial score (nSPS) is 14.3. The maximum atomic E-state index is 9.98. The molecule has 0 aliphatic heterocycles. The van der Waals surface area contributed by atoms with Gasteiger partial charge in [0.1, 0.15) is 12.6 Å². The molecule has 0 spiro atoms. The summed E-state index contributed by atoms with van der Waals surface area (Å²) in [6, 6.07) is 21.0. The average Bonchev–Trinajstić information content (AvgIpc) is 2.54. The summed E-state index contributed by atoms with van der Waals surface area (Å²) in [5, 5.41) is 9.98. The Hall–Kier alpha value is -1.42. The van der Waals surface area contributed by atoms with Crippen LogP contribution in [0.1, 0.15) is 11.1 Å². The number of hydrogen-bond donors (Lipinski definition) is 1. The van der Waals surface area contributed by atoms with Crippen molar-refractivity contribution >= 4 is 0 Å². The zero-order valence-electron chi connectivity index (χ0n) is 13.7. The van der Waals surface area contributed by atoms with Crippen LogP contribution in [0.15, 0.2) is 73.3 Å². The number of rotatable bonds is 8. The SMILES string of the molecule is C=CC[N@@+](C)(Cc1ccccc1)[C@H](CO)Cc1ccccc1.[Br-]. The Morgan fingerprint density at radius 3 is 2.00 bits per heavy atom. The van der Waals surface area contributed by atoms with Crippen molar-refractivity contribution in [2.24, 2.45) is 0 Å². The molecule has 3 heteroatoms. The molecule has 124 valence electrons. The van der Waals surface area contributed by atoms with Crippen LogP contribution in [0.25, 0.3) is 0 Å². The summed E-state index contributed by atoms with van der Waals surface area (Å²) in [5.74, 6) is 0. The molecular formula is C20H26BrNO. The second-order valence-corrected chi connectivity index (χ2v) is 6.12. The van der Waals surface area contributed by atoms with Crippen LogP contribution >= 0.6 is 0 Å². The van der Waals surface area contributed by atoms with Gasteiger partial charge in [0.2, 0.25) is 0 Å². The van der Waals surface area contributed by atoms with Crippen LogP contribution in [0.4, 0.5) is 0 Å². The summed E-state index contributed by atoms with van der Waals surface area (Å²) in [4.78, 5) is 0. The van der Waals surface area contributed by atoms with E-state index in [-0.39, 0.29) is 29.6 Å². The van der Waals surface area contributed by atoms with Gasteiger partial charge in [0.15, 0.2) is 0 Å². The third-order valence-electron chi connectivity index (χ3n) is 4.34. The van der Waals surface area contributed by atoms with Gasteiger partial charge in [-0.3, -0.25) is 0 Å². The molecule has 1 N–H and O–H groups in total. The Morgan fingerprint density at radius 1 is 1.00 bits per heavy atom. The topological polar surface area (TPSA) is 20.2 Å². The zero-order valence-corrected chi connectivity index (χ0v) is 15.3. The van der Waals surface area contributed by atoms with Crippen molar-refractivity contribution in [1.82, 2.24) is 0 Å². The van der Waals surface area contributed by atoms with E-state index in [2.05, 4.69) is 62.2 Å². The smallest absolute Gasteiger partial charge is 0.117 e. The number of hydrogen-bond acceptors (Lipinski definition) is 1. The van der Waals surface area contributed by atoms with Crippen molar-refractivity contribution in [1.29, 1.82) is 0 Å². The number of quaternary nitrogens is 1. The van der Waals surface area contributed by atoms with E-state index in [1.54, 1.807) is 0 Å². The van der Waals surface area contributed by atoms with Crippen molar-refractivity contribution in [3.63, 3.8) is 0 Å². The molecule has 0 unspecified atom stereocenters. The molecule has 0 radical (unpaired) electrons. The zero-order chi connectivity index (χ0) is 15.8. The lowest BCUT2D eigenvalue weighted by Gasteiger charge is -2.40. The van der Waals surface area contributed by atoms with E-state index >= 15 is 0 Å². The van der Waals surface area contributed by atoms with Crippen LogP contribution in [0, 0.1) is 0 Å². The molecule has 0 saturated carbocycles. The lowest BCUT2D eigenvalue weighted by Crippen LogP contribution is -3.00. The molecular weight excluding hydrogens is 350 g/mol. The fourth-order valence-corrected chi connectivity index (χ4v) is 3.01. The third-order valence-corrected chi connectivity index (χ3v) is 4.34. The monoisotopic (exact) mass is 375 g/mol. The van der Waals surface area contributed by atoms with Crippen LogP contribution < -0.4 is 17.0 Å². The first kappa shape index (κ1) is 19.6. The van der Waals surface area contributed by atoms with E-state index in [9.17, 15) is 5.11 Å². The minimum absolute atomic E-state index is 0. The van der Waals surface area contributed by atoms with Crippen molar-refractivity contribution in [2.45, 2.75) is 19.0 Å². The quantitative estimate of drug-likeness (QED) is 0.523. The Kier molecular flexibility index (Phi) is 8.24. The molecule has 2 aromatic carbocycles. The molecule has 0 amide bonds. The molecule has 2 rings (SSSR count). The predicted molar refractivity (Wildman–Crippen MR) is 92.4 cm³/mol. The van der Waals surface area contributed by atoms with Crippen molar-refractivity contribution in [3.05, 3.63) is 84.4 Å². The lowest BCUT2D eigenvalue weighted by molar-refractivity contribution is -0.941. The first-order valence-corrected chi connectivity index (χ1v) is 7.82. The van der Waals surface area contributed by atoms with E-state index in [0.29, 0.717) is 0 Å². The van der Waals surface area contributed by atoms with Crippen LogP contribution in [-0.2, 0) is 13.0 Å². The highest BCUT2D eigenvalue weighted by Gasteiger charge is 2.31. The first-order valence-electron chi connectivity index (χ1n) is 7.82. The summed E-state index contributed by atoms with van der Waals surface area (Å²) in [6.07, 6.45) is 2.82. The predicted octanol–water partition coefficient (Wildman–Crippen LogP) is 0.427. The fraction of sp³-hybridized carbons (Fsp3) is 0.300. The number of aliphatic hydroxyl groups is 1. The molecule has 2 nitrogen and oxygen atoms in total. The Labute approximate surface area is 150 Å². The van der Waals surface area contributed by atoms with Gasteiger partial charge < -0.3 is 26.6 Å². The van der Waals surface area contributed by atoms with Gasteiger partial charge in [0.05, 0.1) is 20.2 Å². The molecule has 0 heterocycles. The van der Waals surface area contributed by atoms with Gasteiger partial charge in [0.25, 0.3) is 0 Å². The minimum Gasteiger partial charge on any atom is -1.00 e. The molecule has 2 aromatic rings. The van der Waals surface area contributed by atoms with Crippen LogP contribution in [0.5, 0.6) is 0 Å². The van der Waals surface area contributed by atoms with Gasteiger partial charge >= 0.3 is 0 Å². The summed E-state index contributed by atoms with van der Waals surface area (Å²) in [7, 11) is 2.21. The minimum atomic E-state index is 0. The van der Waals surface area contributed by atoms with Gasteiger partial charge in [-0.25, -0.2) is 0 Å². The van der Waals surface area contributed by atoms with Gasteiger partial charge in [-0.2, -0.15) is 0 Å². The molecule has 0 bridgehead atoms. The number of benzene rings is 2. The standard InChI is InChI=1S/C20H26NO.BrH/c1-3-14-21(2,16-19-12-8-5-9-13-19)20(17-22)15-18-10-6-4-7-11-18;/h3-13,20,22H,1,14-17H2,2H3;1H/q+1;/p-1/t20-,21-;/m0./s1. The second kappa shape index (κ2) is 9.66. The maximum Gasteiger partial charge on any atom is 0.117 e. The van der Waals surface area contributed by atoms with E-state index in [4.69, 9.17) is 0 Å². The fourth-order valence-electron chi connectivity index (χ4n) is 3.01. The molecule has 0 saturated heterocycles. The second-order valence-electron chi connectivity index (χ2n) is 6.12. The highest BCUT2D eigenvalue weighted by atomic mass is 79.9. The number of likely N-dealkylation sites (N-methyl/N-ethyl adjacent to an activating group) is 1. The van der Waals surface area contributed by atoms with Crippen LogP contribution in [-0.4, -0.2) is 35.8 Å². The molecule has 0 aliphatic carbocycles. The molecule has 0 aromatic heterocycles. The summed E-state index contributed by atoms with van der Waals surface area (Å²) in [5.41, 5.74) is 2.56. The maximum absolute atomic E-state index is 9.98. The molecule has 2 atom stereocenters. The highest BCUT2D eigenvalue weighted by molar-refractivity contribution is 5.16. The van der Waals surface area contributed by atoms with E-state index < -0.39 is 0 Å². The van der Waals surface area contributed by atoms with Crippen molar-refractivity contribution in [2.75, 3.05) is 20.2 Å². The summed E-state index contributed by atoms with van der Waals surface area (Å²) in [6.45, 7) is 5.82. The number of halogens is 1. The van der Waals surface area contributed by atoms with Gasteiger partial charge in [-0.15, -0.1) is 0 Å². The van der Waals surface area contributed by atoms with E-state index in [1.807, 2.05) is 18.2 Å². The third kappa shape index (κ3) is 5.61. The largest absolute Gasteiger partial charge is 1.00 e. The van der Waals surface area contributed by atoms with E-state index in [1.165, 1.54) is 11.1 Å². The first-order chi connectivity index (χ1) is 10.7. The van der Waals surface area contributed by atoms with Gasteiger partial charge in [-0.1, -0.05) is 67.2 Å². The molecule has 0 aliphatic rings. The Balaban J connectivity index is 0.00000264. The number of nitrogens with zero attached hydrogens (tertiary/aromatic N) is 1. The van der Waals surface area contributed by atoms with E-state index in [0.717, 1.165) is 24.0 Å². The van der Waals surface area contributed by atoms with Crippen molar-refractivity contribution < 1.29 is 26.6 Å².